The summed E-state index contributed by atoms with van der Waals surface area (Å²) in [5, 5.41) is 9.23. The molecule has 1 aliphatic rings. The predicted molar refractivity (Wildman–Crippen MR) is 96.3 cm³/mol. The van der Waals surface area contributed by atoms with Crippen molar-refractivity contribution in [3.8, 4) is 5.75 Å². The molecule has 0 radical (unpaired) electrons. The molecule has 1 N–H and O–H groups in total. The summed E-state index contributed by atoms with van der Waals surface area (Å²) in [4.78, 5) is 14.8. The number of halogens is 1. The Morgan fingerprint density at radius 1 is 1.08 bits per heavy atom. The van der Waals surface area contributed by atoms with Crippen molar-refractivity contribution in [2.75, 3.05) is 7.05 Å². The first-order valence-electron chi connectivity index (χ1n) is 8.87. The third-order valence-electron chi connectivity index (χ3n) is 5.06. The summed E-state index contributed by atoms with van der Waals surface area (Å²) in [6.07, 6.45) is 6.50. The largest absolute Gasteiger partial charge is 0.505 e. The molecule has 0 saturated heterocycles. The van der Waals surface area contributed by atoms with Crippen LogP contribution in [0.1, 0.15) is 53.6 Å². The molecular weight excluding hydrogens is 317 g/mol. The number of ketones is 1. The fraction of sp³-hybridized carbons (Fsp3) is 0.381. The molecule has 132 valence electrons. The maximum atomic E-state index is 13.4. The van der Waals surface area contributed by atoms with Gasteiger partial charge in [-0.05, 0) is 43.7 Å². The maximum Gasteiger partial charge on any atom is 0.193 e. The summed E-state index contributed by atoms with van der Waals surface area (Å²) < 4.78 is 13.4. The Hall–Kier alpha value is -2.20. The second kappa shape index (κ2) is 7.79. The van der Waals surface area contributed by atoms with Crippen molar-refractivity contribution in [1.29, 1.82) is 0 Å². The summed E-state index contributed by atoms with van der Waals surface area (Å²) in [5.41, 5.74) is 1.93. The van der Waals surface area contributed by atoms with E-state index in [4.69, 9.17) is 0 Å². The van der Waals surface area contributed by atoms with Crippen molar-refractivity contribution in [2.45, 2.75) is 44.7 Å². The molecule has 0 heterocycles. The molecular formula is C21H24FNO2. The van der Waals surface area contributed by atoms with Crippen LogP contribution in [-0.4, -0.2) is 28.9 Å². The predicted octanol–water partition coefficient (Wildman–Crippen LogP) is 4.53. The number of benzene rings is 2. The second-order valence-electron chi connectivity index (χ2n) is 6.90. The molecule has 25 heavy (non-hydrogen) atoms. The fourth-order valence-corrected chi connectivity index (χ4v) is 3.52. The number of rotatable bonds is 5. The molecule has 0 spiro atoms. The van der Waals surface area contributed by atoms with E-state index in [0.29, 0.717) is 11.6 Å². The van der Waals surface area contributed by atoms with E-state index < -0.39 is 11.6 Å². The molecule has 1 fully saturated rings. The molecule has 0 amide bonds. The molecule has 0 atom stereocenters. The highest BCUT2D eigenvalue weighted by atomic mass is 19.1. The Morgan fingerprint density at radius 2 is 1.72 bits per heavy atom. The van der Waals surface area contributed by atoms with Gasteiger partial charge in [0.2, 0.25) is 0 Å². The zero-order valence-corrected chi connectivity index (χ0v) is 14.5. The molecule has 0 unspecified atom stereocenters. The number of hydrogen-bond donors (Lipinski definition) is 1. The van der Waals surface area contributed by atoms with E-state index in [1.54, 1.807) is 12.1 Å². The monoisotopic (exact) mass is 341 g/mol. The minimum absolute atomic E-state index is 0.238. The Morgan fingerprint density at radius 3 is 2.36 bits per heavy atom. The second-order valence-corrected chi connectivity index (χ2v) is 6.90. The molecule has 1 saturated carbocycles. The van der Waals surface area contributed by atoms with Gasteiger partial charge in [0.25, 0.3) is 0 Å². The van der Waals surface area contributed by atoms with Gasteiger partial charge in [-0.1, -0.05) is 43.5 Å². The highest BCUT2D eigenvalue weighted by Gasteiger charge is 2.18. The van der Waals surface area contributed by atoms with Crippen molar-refractivity contribution >= 4 is 5.78 Å². The van der Waals surface area contributed by atoms with E-state index in [9.17, 15) is 14.3 Å². The molecule has 2 aromatic rings. The molecule has 0 bridgehead atoms. The Labute approximate surface area is 148 Å². The van der Waals surface area contributed by atoms with Crippen LogP contribution in [0.5, 0.6) is 5.75 Å². The van der Waals surface area contributed by atoms with E-state index in [-0.39, 0.29) is 11.3 Å². The van der Waals surface area contributed by atoms with Gasteiger partial charge in [-0.15, -0.1) is 0 Å². The van der Waals surface area contributed by atoms with Gasteiger partial charge in [0.1, 0.15) is 0 Å². The summed E-state index contributed by atoms with van der Waals surface area (Å²) in [6, 6.07) is 11.9. The van der Waals surface area contributed by atoms with Gasteiger partial charge in [0.05, 0.1) is 0 Å². The lowest BCUT2D eigenvalue weighted by Crippen LogP contribution is -2.32. The Bertz CT molecular complexity index is 736. The van der Waals surface area contributed by atoms with Crippen molar-refractivity contribution in [1.82, 2.24) is 4.90 Å². The quantitative estimate of drug-likeness (QED) is 0.813. The topological polar surface area (TPSA) is 40.5 Å². The van der Waals surface area contributed by atoms with Crippen LogP contribution in [-0.2, 0) is 6.54 Å². The molecule has 2 aromatic carbocycles. The van der Waals surface area contributed by atoms with Crippen molar-refractivity contribution < 1.29 is 14.3 Å². The van der Waals surface area contributed by atoms with E-state index in [2.05, 4.69) is 11.9 Å². The molecule has 4 heteroatoms. The van der Waals surface area contributed by atoms with Gasteiger partial charge in [0.15, 0.2) is 17.3 Å². The highest BCUT2D eigenvalue weighted by Crippen LogP contribution is 2.23. The summed E-state index contributed by atoms with van der Waals surface area (Å²) in [7, 11) is 2.16. The first-order valence-corrected chi connectivity index (χ1v) is 8.87. The molecule has 1 aliphatic carbocycles. The van der Waals surface area contributed by atoms with Crippen LogP contribution in [0.15, 0.2) is 42.5 Å². The van der Waals surface area contributed by atoms with E-state index in [1.807, 2.05) is 12.1 Å². The van der Waals surface area contributed by atoms with Crippen LogP contribution < -0.4 is 0 Å². The minimum atomic E-state index is -0.781. The normalized spacial score (nSPS) is 15.5. The SMILES string of the molecule is CN(Cc1ccc(C(=O)c2ccc(O)c(F)c2)cc1)C1CCCCC1. The number of carbonyl (C=O) groups excluding carboxylic acids is 1. The standard InChI is InChI=1S/C21H24FNO2/c1-23(18-5-3-2-4-6-18)14-15-7-9-16(10-8-15)21(25)17-11-12-20(24)19(22)13-17/h7-13,18,24H,2-6,14H2,1H3. The Balaban J connectivity index is 1.66. The third-order valence-corrected chi connectivity index (χ3v) is 5.06. The van der Waals surface area contributed by atoms with Crippen LogP contribution in [0.2, 0.25) is 0 Å². The van der Waals surface area contributed by atoms with Gasteiger partial charge in [-0.2, -0.15) is 0 Å². The minimum Gasteiger partial charge on any atom is -0.505 e. The number of phenolic OH excluding ortho intramolecular Hbond substituents is 1. The van der Waals surface area contributed by atoms with Crippen LogP contribution in [0.4, 0.5) is 4.39 Å². The first-order chi connectivity index (χ1) is 12.0. The highest BCUT2D eigenvalue weighted by molar-refractivity contribution is 6.09. The average molecular weight is 341 g/mol. The number of nitrogens with zero attached hydrogens (tertiary/aromatic N) is 1. The third kappa shape index (κ3) is 4.26. The average Bonchev–Trinajstić information content (AvgIpc) is 2.65. The van der Waals surface area contributed by atoms with Crippen LogP contribution in [0.25, 0.3) is 0 Å². The maximum absolute atomic E-state index is 13.4. The van der Waals surface area contributed by atoms with Gasteiger partial charge >= 0.3 is 0 Å². The number of aromatic hydroxyl groups is 1. The van der Waals surface area contributed by atoms with Crippen molar-refractivity contribution in [3.05, 3.63) is 65.0 Å². The summed E-state index contributed by atoms with van der Waals surface area (Å²) in [5.74, 6) is -1.47. The van der Waals surface area contributed by atoms with E-state index in [0.717, 1.165) is 12.6 Å². The van der Waals surface area contributed by atoms with Gasteiger partial charge in [-0.25, -0.2) is 4.39 Å². The number of carbonyl (C=O) groups is 1. The molecule has 3 rings (SSSR count). The Kier molecular flexibility index (Phi) is 5.49. The van der Waals surface area contributed by atoms with E-state index >= 15 is 0 Å². The van der Waals surface area contributed by atoms with E-state index in [1.165, 1.54) is 49.8 Å². The number of hydrogen-bond acceptors (Lipinski definition) is 3. The van der Waals surface area contributed by atoms with Crippen LogP contribution in [0, 0.1) is 5.82 Å². The smallest absolute Gasteiger partial charge is 0.193 e. The lowest BCUT2D eigenvalue weighted by atomic mass is 9.94. The van der Waals surface area contributed by atoms with Crippen LogP contribution >= 0.6 is 0 Å². The lowest BCUT2D eigenvalue weighted by Gasteiger charge is -2.31. The lowest BCUT2D eigenvalue weighted by molar-refractivity contribution is 0.103. The van der Waals surface area contributed by atoms with Crippen molar-refractivity contribution in [2.24, 2.45) is 0 Å². The van der Waals surface area contributed by atoms with Crippen LogP contribution in [0.3, 0.4) is 0 Å². The molecule has 0 aromatic heterocycles. The zero-order chi connectivity index (χ0) is 17.8. The molecule has 3 nitrogen and oxygen atoms in total. The van der Waals surface area contributed by atoms with Crippen molar-refractivity contribution in [3.63, 3.8) is 0 Å². The first kappa shape index (κ1) is 17.6. The summed E-state index contributed by atoms with van der Waals surface area (Å²) >= 11 is 0. The van der Waals surface area contributed by atoms with Gasteiger partial charge in [-0.3, -0.25) is 9.69 Å². The fourth-order valence-electron chi connectivity index (χ4n) is 3.52. The zero-order valence-electron chi connectivity index (χ0n) is 14.5. The molecule has 0 aliphatic heterocycles. The summed E-state index contributed by atoms with van der Waals surface area (Å²) in [6.45, 7) is 0.868. The number of phenols is 1. The van der Waals surface area contributed by atoms with Gasteiger partial charge < -0.3 is 5.11 Å². The van der Waals surface area contributed by atoms with Gasteiger partial charge in [0, 0.05) is 23.7 Å².